The Kier molecular flexibility index (Phi) is 5.23. The molecule has 7 nitrogen and oxygen atoms in total. The molecule has 7 heteroatoms. The van der Waals surface area contributed by atoms with Gasteiger partial charge in [0.15, 0.2) is 5.76 Å². The highest BCUT2D eigenvalue weighted by molar-refractivity contribution is 5.94. The number of amides is 2. The number of para-hydroxylation sites is 1. The summed E-state index contributed by atoms with van der Waals surface area (Å²) in [6.45, 7) is 1.93. The van der Waals surface area contributed by atoms with Crippen molar-refractivity contribution in [3.05, 3.63) is 60.5 Å². The molecule has 3 aromatic rings. The minimum atomic E-state index is -0.275. The minimum Gasteiger partial charge on any atom is -0.463 e. The van der Waals surface area contributed by atoms with E-state index in [4.69, 9.17) is 4.42 Å². The molecule has 1 fully saturated rings. The quantitative estimate of drug-likeness (QED) is 0.715. The average Bonchev–Trinajstić information content (AvgIpc) is 3.49. The number of furan rings is 1. The summed E-state index contributed by atoms with van der Waals surface area (Å²) < 4.78 is 7.01. The van der Waals surface area contributed by atoms with Crippen LogP contribution in [0.4, 0.5) is 0 Å². The van der Waals surface area contributed by atoms with Gasteiger partial charge < -0.3 is 14.6 Å². The number of rotatable bonds is 6. The molecule has 144 valence electrons. The second-order valence-corrected chi connectivity index (χ2v) is 6.73. The Morgan fingerprint density at radius 2 is 1.86 bits per heavy atom. The smallest absolute Gasteiger partial charge is 0.270 e. The van der Waals surface area contributed by atoms with Crippen molar-refractivity contribution in [1.82, 2.24) is 20.0 Å². The van der Waals surface area contributed by atoms with Crippen molar-refractivity contribution < 1.29 is 14.0 Å². The summed E-state index contributed by atoms with van der Waals surface area (Å²) in [6.07, 6.45) is 3.99. The molecule has 2 aromatic heterocycles. The summed E-state index contributed by atoms with van der Waals surface area (Å²) in [5.74, 6) is 0.405. The van der Waals surface area contributed by atoms with Crippen LogP contribution in [0, 0.1) is 0 Å². The van der Waals surface area contributed by atoms with Crippen LogP contribution in [0.3, 0.4) is 0 Å². The largest absolute Gasteiger partial charge is 0.463 e. The van der Waals surface area contributed by atoms with Crippen LogP contribution in [0.1, 0.15) is 29.8 Å². The van der Waals surface area contributed by atoms with E-state index in [0.29, 0.717) is 30.1 Å². The van der Waals surface area contributed by atoms with E-state index >= 15 is 0 Å². The van der Waals surface area contributed by atoms with Gasteiger partial charge in [0.2, 0.25) is 5.91 Å². The van der Waals surface area contributed by atoms with Gasteiger partial charge in [-0.1, -0.05) is 18.2 Å². The lowest BCUT2D eigenvalue weighted by molar-refractivity contribution is -0.129. The Hall–Kier alpha value is -3.35. The molecule has 0 aliphatic carbocycles. The summed E-state index contributed by atoms with van der Waals surface area (Å²) in [7, 11) is 0. The maximum Gasteiger partial charge on any atom is 0.270 e. The maximum atomic E-state index is 12.8. The van der Waals surface area contributed by atoms with Crippen molar-refractivity contribution in [2.24, 2.45) is 0 Å². The summed E-state index contributed by atoms with van der Waals surface area (Å²) >= 11 is 0. The predicted octanol–water partition coefficient (Wildman–Crippen LogP) is 2.87. The Bertz CT molecular complexity index is 941. The number of carbonyl (C=O) groups is 2. The fourth-order valence-corrected chi connectivity index (χ4v) is 3.35. The highest BCUT2D eigenvalue weighted by Crippen LogP contribution is 2.22. The molecule has 3 heterocycles. The number of nitrogens with zero attached hydrogens (tertiary/aromatic N) is 3. The van der Waals surface area contributed by atoms with Crippen LogP contribution >= 0.6 is 0 Å². The van der Waals surface area contributed by atoms with Gasteiger partial charge in [-0.3, -0.25) is 9.59 Å². The molecule has 4 rings (SSSR count). The molecule has 1 aromatic carbocycles. The van der Waals surface area contributed by atoms with Crippen LogP contribution in [-0.4, -0.2) is 46.1 Å². The van der Waals surface area contributed by atoms with Gasteiger partial charge in [0.25, 0.3) is 5.91 Å². The van der Waals surface area contributed by atoms with Gasteiger partial charge in [0.05, 0.1) is 12.0 Å². The van der Waals surface area contributed by atoms with E-state index in [1.54, 1.807) is 29.1 Å². The van der Waals surface area contributed by atoms with Gasteiger partial charge in [0, 0.05) is 32.1 Å². The van der Waals surface area contributed by atoms with Gasteiger partial charge in [-0.2, -0.15) is 5.10 Å². The van der Waals surface area contributed by atoms with Gasteiger partial charge in [-0.25, -0.2) is 4.68 Å². The first-order valence-electron chi connectivity index (χ1n) is 9.48. The van der Waals surface area contributed by atoms with Crippen LogP contribution in [0.5, 0.6) is 0 Å². The van der Waals surface area contributed by atoms with Crippen molar-refractivity contribution in [1.29, 1.82) is 0 Å². The Morgan fingerprint density at radius 1 is 1.07 bits per heavy atom. The Morgan fingerprint density at radius 3 is 2.57 bits per heavy atom. The molecule has 1 saturated heterocycles. The van der Waals surface area contributed by atoms with Gasteiger partial charge in [-0.15, -0.1) is 0 Å². The van der Waals surface area contributed by atoms with Gasteiger partial charge in [-0.05, 0) is 37.1 Å². The lowest BCUT2D eigenvalue weighted by Gasteiger charge is -2.15. The minimum absolute atomic E-state index is 0.0886. The van der Waals surface area contributed by atoms with E-state index in [9.17, 15) is 9.59 Å². The summed E-state index contributed by atoms with van der Waals surface area (Å²) in [6, 6.07) is 14.7. The predicted molar refractivity (Wildman–Crippen MR) is 104 cm³/mol. The Balaban J connectivity index is 1.50. The first-order chi connectivity index (χ1) is 13.7. The number of aromatic nitrogens is 2. The Labute approximate surface area is 162 Å². The number of carbonyl (C=O) groups excluding carboxylic acids is 2. The number of hydrogen-bond donors (Lipinski definition) is 1. The van der Waals surface area contributed by atoms with Crippen molar-refractivity contribution >= 4 is 11.8 Å². The average molecular weight is 378 g/mol. The summed E-state index contributed by atoms with van der Waals surface area (Å²) in [4.78, 5) is 26.8. The van der Waals surface area contributed by atoms with E-state index in [1.807, 2.05) is 35.2 Å². The second-order valence-electron chi connectivity index (χ2n) is 6.73. The molecular weight excluding hydrogens is 356 g/mol. The molecule has 0 atom stereocenters. The maximum absolute atomic E-state index is 12.8. The molecule has 0 bridgehead atoms. The molecule has 28 heavy (non-hydrogen) atoms. The lowest BCUT2D eigenvalue weighted by Crippen LogP contribution is -2.33. The van der Waals surface area contributed by atoms with Crippen molar-refractivity contribution in [3.8, 4) is 17.1 Å². The van der Waals surface area contributed by atoms with E-state index in [2.05, 4.69) is 10.4 Å². The molecule has 0 unspecified atom stereocenters. The molecule has 0 radical (unpaired) electrons. The summed E-state index contributed by atoms with van der Waals surface area (Å²) in [5, 5.41) is 7.38. The van der Waals surface area contributed by atoms with Crippen molar-refractivity contribution in [2.45, 2.75) is 19.3 Å². The summed E-state index contributed by atoms with van der Waals surface area (Å²) in [5.41, 5.74) is 1.75. The lowest BCUT2D eigenvalue weighted by atomic mass is 10.2. The molecule has 1 N–H and O–H groups in total. The third-order valence-electron chi connectivity index (χ3n) is 4.80. The zero-order chi connectivity index (χ0) is 19.3. The highest BCUT2D eigenvalue weighted by atomic mass is 16.3. The highest BCUT2D eigenvalue weighted by Gasteiger charge is 2.20. The van der Waals surface area contributed by atoms with Crippen LogP contribution in [0.2, 0.25) is 0 Å². The van der Waals surface area contributed by atoms with Crippen molar-refractivity contribution in [3.63, 3.8) is 0 Å². The SMILES string of the molecule is O=C(NCCC(=O)N1CCCC1)c1cc(-c2ccco2)nn1-c1ccccc1. The van der Waals surface area contributed by atoms with Crippen LogP contribution in [0.15, 0.2) is 59.2 Å². The molecule has 1 aliphatic rings. The number of benzene rings is 1. The topological polar surface area (TPSA) is 80.4 Å². The molecular formula is C21H22N4O3. The number of likely N-dealkylation sites (tertiary alicyclic amines) is 1. The standard InChI is InChI=1S/C21H22N4O3/c26-20(24-12-4-5-13-24)10-11-22-21(27)18-15-17(19-9-6-14-28-19)23-25(18)16-7-2-1-3-8-16/h1-3,6-9,14-15H,4-5,10-13H2,(H,22,27). The second kappa shape index (κ2) is 8.12. The third-order valence-corrected chi connectivity index (χ3v) is 4.80. The van der Waals surface area contributed by atoms with Crippen molar-refractivity contribution in [2.75, 3.05) is 19.6 Å². The van der Waals surface area contributed by atoms with E-state index < -0.39 is 0 Å². The zero-order valence-corrected chi connectivity index (χ0v) is 15.5. The molecule has 2 amide bonds. The first kappa shape index (κ1) is 18.0. The fraction of sp³-hybridized carbons (Fsp3) is 0.286. The van der Waals surface area contributed by atoms with Crippen LogP contribution in [-0.2, 0) is 4.79 Å². The van der Waals surface area contributed by atoms with Crippen LogP contribution < -0.4 is 5.32 Å². The monoisotopic (exact) mass is 378 g/mol. The normalized spacial score (nSPS) is 13.6. The number of nitrogens with one attached hydrogen (secondary N) is 1. The van der Waals surface area contributed by atoms with Gasteiger partial charge in [0.1, 0.15) is 11.4 Å². The van der Waals surface area contributed by atoms with E-state index in [-0.39, 0.29) is 11.8 Å². The molecule has 0 saturated carbocycles. The van der Waals surface area contributed by atoms with Crippen LogP contribution in [0.25, 0.3) is 17.1 Å². The fourth-order valence-electron chi connectivity index (χ4n) is 3.35. The van der Waals surface area contributed by atoms with Gasteiger partial charge >= 0.3 is 0 Å². The number of hydrogen-bond acceptors (Lipinski definition) is 4. The zero-order valence-electron chi connectivity index (χ0n) is 15.5. The van der Waals surface area contributed by atoms with E-state index in [1.165, 1.54) is 0 Å². The first-order valence-corrected chi connectivity index (χ1v) is 9.48. The third kappa shape index (κ3) is 3.83. The molecule has 1 aliphatic heterocycles. The van der Waals surface area contributed by atoms with E-state index in [0.717, 1.165) is 31.6 Å². The molecule has 0 spiro atoms.